The van der Waals surface area contributed by atoms with Crippen LogP contribution in [0.3, 0.4) is 0 Å². The largest absolute Gasteiger partial charge is 0.393 e. The Balaban J connectivity index is 1.80. The minimum absolute atomic E-state index is 0.434. The van der Waals surface area contributed by atoms with Crippen molar-refractivity contribution in [3.05, 3.63) is 0 Å². The minimum atomic E-state index is 0.434. The molecular weight excluding hydrogens is 196 g/mol. The van der Waals surface area contributed by atoms with Crippen molar-refractivity contribution < 1.29 is 4.74 Å². The fourth-order valence-electron chi connectivity index (χ4n) is 2.17. The Morgan fingerprint density at radius 2 is 2.00 bits per heavy atom. The normalized spacial score (nSPS) is 26.0. The lowest BCUT2D eigenvalue weighted by Crippen LogP contribution is -2.40. The molecule has 3 nitrogen and oxygen atoms in total. The molecule has 0 aromatic heterocycles. The van der Waals surface area contributed by atoms with Crippen LogP contribution in [-0.4, -0.2) is 42.7 Å². The Labute approximate surface area is 90.6 Å². The Bertz CT molecular complexity index is 222. The average Bonchev–Trinajstić information content (AvgIpc) is 2.85. The fraction of sp³-hybridized carbons (Fsp3) is 0.900. The Hall–Kier alpha value is -0.190. The van der Waals surface area contributed by atoms with Crippen LogP contribution in [0.4, 0.5) is 0 Å². The Morgan fingerprint density at radius 1 is 1.36 bits per heavy atom. The van der Waals surface area contributed by atoms with E-state index in [0.717, 1.165) is 39.3 Å². The van der Waals surface area contributed by atoms with Crippen LogP contribution in [0.1, 0.15) is 19.3 Å². The number of rotatable bonds is 4. The van der Waals surface area contributed by atoms with Crippen LogP contribution >= 0.6 is 12.2 Å². The van der Waals surface area contributed by atoms with E-state index in [1.807, 2.05) is 0 Å². The van der Waals surface area contributed by atoms with E-state index in [1.165, 1.54) is 12.8 Å². The summed E-state index contributed by atoms with van der Waals surface area (Å²) in [6, 6.07) is 0. The number of morpholine rings is 1. The van der Waals surface area contributed by atoms with E-state index in [9.17, 15) is 0 Å². The highest BCUT2D eigenvalue weighted by Gasteiger charge is 2.44. The maximum absolute atomic E-state index is 5.61. The summed E-state index contributed by atoms with van der Waals surface area (Å²) in [7, 11) is 0. The van der Waals surface area contributed by atoms with Crippen LogP contribution in [0.5, 0.6) is 0 Å². The molecule has 2 N–H and O–H groups in total. The van der Waals surface area contributed by atoms with Crippen LogP contribution < -0.4 is 5.73 Å². The molecule has 2 fully saturated rings. The van der Waals surface area contributed by atoms with Gasteiger partial charge in [-0.1, -0.05) is 12.2 Å². The van der Waals surface area contributed by atoms with Gasteiger partial charge >= 0.3 is 0 Å². The second kappa shape index (κ2) is 4.13. The predicted molar refractivity (Wildman–Crippen MR) is 60.3 cm³/mol. The SMILES string of the molecule is NC(=S)CC1(CN2CCOCC2)CC1. The van der Waals surface area contributed by atoms with Crippen LogP contribution in [-0.2, 0) is 4.74 Å². The van der Waals surface area contributed by atoms with Crippen LogP contribution in [0.15, 0.2) is 0 Å². The van der Waals surface area contributed by atoms with Gasteiger partial charge in [0.1, 0.15) is 0 Å². The van der Waals surface area contributed by atoms with E-state index >= 15 is 0 Å². The van der Waals surface area contributed by atoms with Crippen molar-refractivity contribution in [1.29, 1.82) is 0 Å². The number of nitrogens with two attached hydrogens (primary N) is 1. The summed E-state index contributed by atoms with van der Waals surface area (Å²) in [5, 5.41) is 0. The lowest BCUT2D eigenvalue weighted by atomic mass is 10.0. The second-order valence-electron chi connectivity index (χ2n) is 4.53. The summed E-state index contributed by atoms with van der Waals surface area (Å²) < 4.78 is 5.32. The van der Waals surface area contributed by atoms with Crippen molar-refractivity contribution in [2.45, 2.75) is 19.3 Å². The predicted octanol–water partition coefficient (Wildman–Crippen LogP) is 0.775. The van der Waals surface area contributed by atoms with Gasteiger partial charge in [0.2, 0.25) is 0 Å². The molecule has 0 amide bonds. The summed E-state index contributed by atoms with van der Waals surface area (Å²) in [6.45, 7) is 5.05. The first kappa shape index (κ1) is 10.3. The number of hydrogen-bond donors (Lipinski definition) is 1. The third-order valence-corrected chi connectivity index (χ3v) is 3.31. The summed E-state index contributed by atoms with van der Waals surface area (Å²) in [6.07, 6.45) is 3.52. The van der Waals surface area contributed by atoms with Crippen molar-refractivity contribution in [1.82, 2.24) is 4.90 Å². The molecule has 0 unspecified atom stereocenters. The first-order chi connectivity index (χ1) is 6.70. The highest BCUT2D eigenvalue weighted by molar-refractivity contribution is 7.80. The number of thiocarbonyl (C=S) groups is 1. The third kappa shape index (κ3) is 2.65. The topological polar surface area (TPSA) is 38.5 Å². The van der Waals surface area contributed by atoms with Crippen molar-refractivity contribution in [3.8, 4) is 0 Å². The van der Waals surface area contributed by atoms with E-state index in [-0.39, 0.29) is 0 Å². The molecule has 0 radical (unpaired) electrons. The summed E-state index contributed by atoms with van der Waals surface area (Å²) in [5.74, 6) is 0. The lowest BCUT2D eigenvalue weighted by Gasteiger charge is -2.30. The number of hydrogen-bond acceptors (Lipinski definition) is 3. The molecule has 14 heavy (non-hydrogen) atoms. The third-order valence-electron chi connectivity index (χ3n) is 3.17. The van der Waals surface area contributed by atoms with Gasteiger partial charge in [0.15, 0.2) is 0 Å². The lowest BCUT2D eigenvalue weighted by molar-refractivity contribution is 0.0289. The van der Waals surface area contributed by atoms with E-state index in [0.29, 0.717) is 10.4 Å². The second-order valence-corrected chi connectivity index (χ2v) is 5.06. The quantitative estimate of drug-likeness (QED) is 0.702. The van der Waals surface area contributed by atoms with Crippen LogP contribution in [0, 0.1) is 5.41 Å². The maximum Gasteiger partial charge on any atom is 0.0733 e. The first-order valence-corrected chi connectivity index (χ1v) is 5.69. The average molecular weight is 214 g/mol. The molecule has 1 aliphatic heterocycles. The molecule has 4 heteroatoms. The van der Waals surface area contributed by atoms with Crippen LogP contribution in [0.25, 0.3) is 0 Å². The molecule has 0 atom stereocenters. The van der Waals surface area contributed by atoms with Crippen molar-refractivity contribution in [3.63, 3.8) is 0 Å². The van der Waals surface area contributed by atoms with Gasteiger partial charge in [-0.3, -0.25) is 4.90 Å². The van der Waals surface area contributed by atoms with Gasteiger partial charge in [0.05, 0.1) is 18.2 Å². The Morgan fingerprint density at radius 3 is 2.50 bits per heavy atom. The molecule has 80 valence electrons. The van der Waals surface area contributed by atoms with Gasteiger partial charge in [0, 0.05) is 26.1 Å². The molecule has 2 rings (SSSR count). The van der Waals surface area contributed by atoms with E-state index < -0.39 is 0 Å². The molecule has 1 saturated carbocycles. The van der Waals surface area contributed by atoms with Gasteiger partial charge < -0.3 is 10.5 Å². The zero-order valence-corrected chi connectivity index (χ0v) is 9.31. The van der Waals surface area contributed by atoms with Gasteiger partial charge in [-0.05, 0) is 18.3 Å². The standard InChI is InChI=1S/C10H18N2OS/c11-9(14)7-10(1-2-10)8-12-3-5-13-6-4-12/h1-8H2,(H2,11,14). The fourth-order valence-corrected chi connectivity index (χ4v) is 2.48. The van der Waals surface area contributed by atoms with Gasteiger partial charge in [-0.15, -0.1) is 0 Å². The maximum atomic E-state index is 5.61. The molecule has 1 aliphatic carbocycles. The van der Waals surface area contributed by atoms with Gasteiger partial charge in [0.25, 0.3) is 0 Å². The van der Waals surface area contributed by atoms with Crippen molar-refractivity contribution in [2.24, 2.45) is 11.1 Å². The van der Waals surface area contributed by atoms with E-state index in [4.69, 9.17) is 22.7 Å². The first-order valence-electron chi connectivity index (χ1n) is 5.29. The summed E-state index contributed by atoms with van der Waals surface area (Å²) >= 11 is 4.99. The zero-order chi connectivity index (χ0) is 10.0. The van der Waals surface area contributed by atoms with Crippen molar-refractivity contribution >= 4 is 17.2 Å². The molecule has 1 saturated heterocycles. The highest BCUT2D eigenvalue weighted by Crippen LogP contribution is 2.49. The molecule has 1 heterocycles. The van der Waals surface area contributed by atoms with Gasteiger partial charge in [-0.25, -0.2) is 0 Å². The Kier molecular flexibility index (Phi) is 3.04. The van der Waals surface area contributed by atoms with E-state index in [1.54, 1.807) is 0 Å². The van der Waals surface area contributed by atoms with Crippen LogP contribution in [0.2, 0.25) is 0 Å². The molecule has 0 spiro atoms. The smallest absolute Gasteiger partial charge is 0.0733 e. The van der Waals surface area contributed by atoms with E-state index in [2.05, 4.69) is 4.90 Å². The molecule has 0 bridgehead atoms. The minimum Gasteiger partial charge on any atom is -0.393 e. The van der Waals surface area contributed by atoms with Gasteiger partial charge in [-0.2, -0.15) is 0 Å². The highest BCUT2D eigenvalue weighted by atomic mass is 32.1. The molecule has 0 aromatic carbocycles. The molecule has 0 aromatic rings. The summed E-state index contributed by atoms with van der Waals surface area (Å²) in [5.41, 5.74) is 6.05. The molecular formula is C10H18N2OS. The number of nitrogens with zero attached hydrogens (tertiary/aromatic N) is 1. The summed E-state index contributed by atoms with van der Waals surface area (Å²) in [4.78, 5) is 3.16. The van der Waals surface area contributed by atoms with Crippen molar-refractivity contribution in [2.75, 3.05) is 32.8 Å². The molecule has 2 aliphatic rings. The monoisotopic (exact) mass is 214 g/mol. The zero-order valence-electron chi connectivity index (χ0n) is 8.50. The number of ether oxygens (including phenoxy) is 1.